The number of thioether (sulfide) groups is 1. The number of hydrogen-bond acceptors (Lipinski definition) is 7. The molecule has 0 saturated carbocycles. The average molecular weight is 416 g/mol. The van der Waals surface area contributed by atoms with Gasteiger partial charge in [-0.3, -0.25) is 19.8 Å². The van der Waals surface area contributed by atoms with E-state index in [0.717, 1.165) is 22.9 Å². The molecule has 0 bridgehead atoms. The smallest absolute Gasteiger partial charge is 0.315 e. The second-order valence-corrected chi connectivity index (χ2v) is 7.83. The Morgan fingerprint density at radius 3 is 2.61 bits per heavy atom. The van der Waals surface area contributed by atoms with Gasteiger partial charge < -0.3 is 9.84 Å². The lowest BCUT2D eigenvalue weighted by molar-refractivity contribution is -0.386. The summed E-state index contributed by atoms with van der Waals surface area (Å²) in [6, 6.07) is 8.31. The number of methoxy groups -OCH3 is 1. The Bertz CT molecular complexity index is 1050. The van der Waals surface area contributed by atoms with Gasteiger partial charge >= 0.3 is 5.69 Å². The fraction of sp³-hybridized carbons (Fsp3) is 0.158. The van der Waals surface area contributed by atoms with Crippen LogP contribution in [0.3, 0.4) is 0 Å². The Morgan fingerprint density at radius 2 is 2.00 bits per heavy atom. The molecule has 1 aliphatic heterocycles. The number of benzene rings is 2. The largest absolute Gasteiger partial charge is 0.500 e. The van der Waals surface area contributed by atoms with Crippen molar-refractivity contribution in [3.05, 3.63) is 62.0 Å². The third-order valence-electron chi connectivity index (χ3n) is 4.18. The molecule has 1 aliphatic rings. The molecular weight excluding hydrogens is 400 g/mol. The number of aryl methyl sites for hydroxylation is 2. The summed E-state index contributed by atoms with van der Waals surface area (Å²) in [7, 11) is 1.29. The van der Waals surface area contributed by atoms with Crippen LogP contribution in [0.1, 0.15) is 16.7 Å². The number of anilines is 1. The molecule has 2 aromatic rings. The van der Waals surface area contributed by atoms with Gasteiger partial charge in [-0.05, 0) is 43.2 Å². The minimum atomic E-state index is -0.712. The van der Waals surface area contributed by atoms with Crippen LogP contribution in [0.25, 0.3) is 6.08 Å². The molecule has 1 amide bonds. The number of aromatic hydroxyl groups is 1. The molecule has 0 spiro atoms. The highest BCUT2D eigenvalue weighted by Gasteiger charge is 2.34. The van der Waals surface area contributed by atoms with Crippen LogP contribution in [0.2, 0.25) is 0 Å². The van der Waals surface area contributed by atoms with E-state index in [2.05, 4.69) is 0 Å². The first-order valence-corrected chi connectivity index (χ1v) is 9.36. The van der Waals surface area contributed by atoms with Gasteiger partial charge in [0.15, 0.2) is 10.1 Å². The van der Waals surface area contributed by atoms with Crippen LogP contribution < -0.4 is 9.64 Å². The van der Waals surface area contributed by atoms with E-state index in [-0.39, 0.29) is 11.7 Å². The van der Waals surface area contributed by atoms with Gasteiger partial charge in [-0.15, -0.1) is 0 Å². The van der Waals surface area contributed by atoms with Crippen molar-refractivity contribution < 1.29 is 19.6 Å². The number of nitro benzene ring substituents is 1. The SMILES string of the molecule is COc1cc(/C=C2\SC(=S)N(c3ccc(C)cc3C)C2=O)cc([N+](=O)[O-])c1O. The summed E-state index contributed by atoms with van der Waals surface area (Å²) < 4.78 is 5.37. The standard InChI is InChI=1S/C19H16N2O5S2/c1-10-4-5-13(11(2)6-10)20-18(23)16(28-19(20)27)9-12-7-14(21(24)25)17(22)15(8-12)26-3/h4-9,22H,1-3H3/b16-9-. The van der Waals surface area contributed by atoms with Gasteiger partial charge in [-0.1, -0.05) is 41.7 Å². The molecule has 144 valence electrons. The van der Waals surface area contributed by atoms with E-state index in [1.54, 1.807) is 0 Å². The lowest BCUT2D eigenvalue weighted by atomic mass is 10.1. The second-order valence-electron chi connectivity index (χ2n) is 6.16. The van der Waals surface area contributed by atoms with Crippen molar-refractivity contribution in [2.24, 2.45) is 0 Å². The number of carbonyl (C=O) groups excluding carboxylic acids is 1. The van der Waals surface area contributed by atoms with Crippen molar-refractivity contribution in [1.29, 1.82) is 0 Å². The predicted octanol–water partition coefficient (Wildman–Crippen LogP) is 4.33. The maximum atomic E-state index is 12.9. The number of carbonyl (C=O) groups is 1. The van der Waals surface area contributed by atoms with E-state index in [1.807, 2.05) is 32.0 Å². The number of rotatable bonds is 4. The molecule has 0 unspecified atom stereocenters. The predicted molar refractivity (Wildman–Crippen MR) is 113 cm³/mol. The Kier molecular flexibility index (Phi) is 5.39. The molecule has 0 atom stereocenters. The number of thiocarbonyl (C=S) groups is 1. The molecule has 1 heterocycles. The first-order valence-electron chi connectivity index (χ1n) is 8.13. The van der Waals surface area contributed by atoms with Crippen LogP contribution in [-0.2, 0) is 4.79 Å². The molecule has 28 heavy (non-hydrogen) atoms. The fourth-order valence-electron chi connectivity index (χ4n) is 2.88. The summed E-state index contributed by atoms with van der Waals surface area (Å²) >= 11 is 6.49. The number of phenols is 1. The molecule has 0 aromatic heterocycles. The van der Waals surface area contributed by atoms with Crippen molar-refractivity contribution in [3.63, 3.8) is 0 Å². The summed E-state index contributed by atoms with van der Waals surface area (Å²) in [5.41, 5.74) is 2.54. The van der Waals surface area contributed by atoms with Crippen molar-refractivity contribution in [2.45, 2.75) is 13.8 Å². The van der Waals surface area contributed by atoms with E-state index in [1.165, 1.54) is 30.2 Å². The Balaban J connectivity index is 2.03. The first-order chi connectivity index (χ1) is 13.2. The summed E-state index contributed by atoms with van der Waals surface area (Å²) in [6.45, 7) is 3.87. The van der Waals surface area contributed by atoms with E-state index >= 15 is 0 Å². The van der Waals surface area contributed by atoms with Gasteiger partial charge in [0.05, 0.1) is 22.6 Å². The van der Waals surface area contributed by atoms with Crippen LogP contribution in [0.15, 0.2) is 35.2 Å². The van der Waals surface area contributed by atoms with Gasteiger partial charge in [0, 0.05) is 6.07 Å². The lowest BCUT2D eigenvalue weighted by Crippen LogP contribution is -2.28. The molecular formula is C19H16N2O5S2. The van der Waals surface area contributed by atoms with E-state index in [0.29, 0.717) is 20.5 Å². The quantitative estimate of drug-likeness (QED) is 0.343. The van der Waals surface area contributed by atoms with Gasteiger partial charge in [-0.2, -0.15) is 0 Å². The third-order valence-corrected chi connectivity index (χ3v) is 5.48. The molecule has 3 rings (SSSR count). The molecule has 1 saturated heterocycles. The third kappa shape index (κ3) is 3.58. The van der Waals surface area contributed by atoms with Crippen LogP contribution >= 0.6 is 24.0 Å². The first kappa shape index (κ1) is 19.8. The van der Waals surface area contributed by atoms with Crippen LogP contribution in [-0.4, -0.2) is 27.4 Å². The molecule has 9 heteroatoms. The monoisotopic (exact) mass is 416 g/mol. The normalized spacial score (nSPS) is 15.4. The second kappa shape index (κ2) is 7.61. The van der Waals surface area contributed by atoms with Crippen LogP contribution in [0.4, 0.5) is 11.4 Å². The highest BCUT2D eigenvalue weighted by atomic mass is 32.2. The lowest BCUT2D eigenvalue weighted by Gasteiger charge is -2.17. The summed E-state index contributed by atoms with van der Waals surface area (Å²) in [6.07, 6.45) is 1.50. The number of nitro groups is 1. The number of hydrogen-bond donors (Lipinski definition) is 1. The Hall–Kier alpha value is -2.91. The molecule has 7 nitrogen and oxygen atoms in total. The van der Waals surface area contributed by atoms with Crippen LogP contribution in [0, 0.1) is 24.0 Å². The van der Waals surface area contributed by atoms with Crippen molar-refractivity contribution in [1.82, 2.24) is 0 Å². The zero-order valence-electron chi connectivity index (χ0n) is 15.3. The highest BCUT2D eigenvalue weighted by Crippen LogP contribution is 2.40. The molecule has 2 aromatic carbocycles. The highest BCUT2D eigenvalue weighted by molar-refractivity contribution is 8.27. The number of nitrogens with zero attached hydrogens (tertiary/aromatic N) is 2. The number of ether oxygens (including phenoxy) is 1. The zero-order valence-corrected chi connectivity index (χ0v) is 16.9. The van der Waals surface area contributed by atoms with E-state index < -0.39 is 16.4 Å². The van der Waals surface area contributed by atoms with E-state index in [4.69, 9.17) is 17.0 Å². The molecule has 1 N–H and O–H groups in total. The average Bonchev–Trinajstić information content (AvgIpc) is 2.90. The van der Waals surface area contributed by atoms with Crippen molar-refractivity contribution in [3.8, 4) is 11.5 Å². The molecule has 1 fully saturated rings. The van der Waals surface area contributed by atoms with Crippen molar-refractivity contribution >= 4 is 51.7 Å². The maximum Gasteiger partial charge on any atom is 0.315 e. The fourth-order valence-corrected chi connectivity index (χ4v) is 4.16. The summed E-state index contributed by atoms with van der Waals surface area (Å²) in [5, 5.41) is 21.1. The molecule has 0 aliphatic carbocycles. The van der Waals surface area contributed by atoms with Gasteiger partial charge in [-0.25, -0.2) is 0 Å². The summed E-state index contributed by atoms with van der Waals surface area (Å²) in [5.74, 6) is -0.922. The summed E-state index contributed by atoms with van der Waals surface area (Å²) in [4.78, 5) is 25.2. The molecule has 0 radical (unpaired) electrons. The topological polar surface area (TPSA) is 92.9 Å². The maximum absolute atomic E-state index is 12.9. The minimum absolute atomic E-state index is 0.0506. The zero-order chi connectivity index (χ0) is 20.6. The minimum Gasteiger partial charge on any atom is -0.500 e. The van der Waals surface area contributed by atoms with Gasteiger partial charge in [0.1, 0.15) is 0 Å². The van der Waals surface area contributed by atoms with Gasteiger partial charge in [0.2, 0.25) is 5.75 Å². The van der Waals surface area contributed by atoms with Crippen LogP contribution in [0.5, 0.6) is 11.5 Å². The van der Waals surface area contributed by atoms with Crippen molar-refractivity contribution in [2.75, 3.05) is 12.0 Å². The number of amides is 1. The Morgan fingerprint density at radius 1 is 1.29 bits per heavy atom. The number of phenolic OH excluding ortho intramolecular Hbond substituents is 1. The van der Waals surface area contributed by atoms with Gasteiger partial charge in [0.25, 0.3) is 5.91 Å². The van der Waals surface area contributed by atoms with E-state index in [9.17, 15) is 20.0 Å². The Labute approximate surface area is 170 Å².